The van der Waals surface area contributed by atoms with Crippen molar-refractivity contribution in [1.29, 1.82) is 0 Å². The molecule has 8 heteroatoms. The number of carbonyl (C=O) groups is 1. The van der Waals surface area contributed by atoms with Crippen molar-refractivity contribution in [1.82, 2.24) is 24.6 Å². The molecule has 162 valence electrons. The number of aromatic amines is 1. The number of pyridine rings is 1. The number of carbonyl (C=O) groups excluding carboxylic acids is 1. The number of nitrogens with zero attached hydrogens (tertiary/aromatic N) is 3. The van der Waals surface area contributed by atoms with E-state index in [9.17, 15) is 14.0 Å². The third-order valence-corrected chi connectivity index (χ3v) is 5.91. The van der Waals surface area contributed by atoms with Crippen molar-refractivity contribution >= 4 is 28.0 Å². The number of fused-ring (bicyclic) bond motifs is 3. The van der Waals surface area contributed by atoms with Crippen molar-refractivity contribution in [2.45, 2.75) is 13.0 Å². The van der Waals surface area contributed by atoms with Crippen LogP contribution in [0.25, 0.3) is 22.1 Å². The van der Waals surface area contributed by atoms with E-state index in [1.807, 2.05) is 24.3 Å². The average molecular weight is 431 g/mol. The Morgan fingerprint density at radius 2 is 2.12 bits per heavy atom. The van der Waals surface area contributed by atoms with Crippen LogP contribution in [0.5, 0.6) is 0 Å². The van der Waals surface area contributed by atoms with Crippen LogP contribution in [0, 0.1) is 5.82 Å². The van der Waals surface area contributed by atoms with E-state index in [0.717, 1.165) is 42.7 Å². The van der Waals surface area contributed by atoms with Gasteiger partial charge in [-0.05, 0) is 47.4 Å². The molecule has 1 aliphatic heterocycles. The largest absolute Gasteiger partial charge is 0.354 e. The third-order valence-electron chi connectivity index (χ3n) is 5.91. The van der Waals surface area contributed by atoms with Gasteiger partial charge >= 0.3 is 0 Å². The number of halogens is 1. The lowest BCUT2D eigenvalue weighted by atomic mass is 10.0. The lowest BCUT2D eigenvalue weighted by molar-refractivity contribution is 0.0958. The van der Waals surface area contributed by atoms with E-state index in [4.69, 9.17) is 0 Å². The molecule has 1 amide bonds. The second-order valence-corrected chi connectivity index (χ2v) is 7.91. The van der Waals surface area contributed by atoms with Crippen molar-refractivity contribution in [3.63, 3.8) is 0 Å². The summed E-state index contributed by atoms with van der Waals surface area (Å²) >= 11 is 0. The van der Waals surface area contributed by atoms with Gasteiger partial charge in [-0.3, -0.25) is 19.5 Å². The Hall–Kier alpha value is -3.78. The Bertz CT molecular complexity index is 1420. The van der Waals surface area contributed by atoms with Gasteiger partial charge in [0.05, 0.1) is 11.0 Å². The minimum Gasteiger partial charge on any atom is -0.354 e. The van der Waals surface area contributed by atoms with Gasteiger partial charge in [-0.15, -0.1) is 0 Å². The average Bonchev–Trinajstić information content (AvgIpc) is 3.21. The normalized spacial score (nSPS) is 14.6. The molecular weight excluding hydrogens is 409 g/mol. The second kappa shape index (κ2) is 8.05. The molecule has 3 aromatic heterocycles. The molecule has 7 nitrogen and oxygen atoms in total. The van der Waals surface area contributed by atoms with Crippen molar-refractivity contribution in [2.75, 3.05) is 20.1 Å². The number of nitrogens with one attached hydrogen (secondary N) is 2. The van der Waals surface area contributed by atoms with Gasteiger partial charge in [0, 0.05) is 39.1 Å². The summed E-state index contributed by atoms with van der Waals surface area (Å²) in [5.74, 6) is -0.716. The fourth-order valence-corrected chi connectivity index (χ4v) is 4.22. The summed E-state index contributed by atoms with van der Waals surface area (Å²) in [5.41, 5.74) is 4.79. The van der Waals surface area contributed by atoms with Gasteiger partial charge in [0.15, 0.2) is 5.82 Å². The molecule has 5 rings (SSSR count). The molecule has 0 saturated heterocycles. The van der Waals surface area contributed by atoms with Gasteiger partial charge in [0.1, 0.15) is 11.2 Å². The van der Waals surface area contributed by atoms with Crippen LogP contribution in [0.15, 0.2) is 59.7 Å². The minimum absolute atomic E-state index is 0.0387. The zero-order chi connectivity index (χ0) is 22.2. The summed E-state index contributed by atoms with van der Waals surface area (Å²) in [6.07, 6.45) is 6.40. The van der Waals surface area contributed by atoms with Crippen LogP contribution in [-0.2, 0) is 6.54 Å². The van der Waals surface area contributed by atoms with E-state index in [2.05, 4.69) is 26.3 Å². The van der Waals surface area contributed by atoms with Gasteiger partial charge in [-0.2, -0.15) is 0 Å². The molecule has 1 aliphatic rings. The van der Waals surface area contributed by atoms with Gasteiger partial charge in [-0.1, -0.05) is 18.2 Å². The van der Waals surface area contributed by atoms with Crippen molar-refractivity contribution < 1.29 is 9.18 Å². The smallest absolute Gasteiger partial charge is 0.275 e. The fraction of sp³-hybridized carbons (Fsp3) is 0.208. The zero-order valence-corrected chi connectivity index (χ0v) is 17.6. The molecule has 4 heterocycles. The van der Waals surface area contributed by atoms with E-state index in [1.165, 1.54) is 11.6 Å². The number of hydrogen-bond donors (Lipinski definition) is 2. The monoisotopic (exact) mass is 431 g/mol. The van der Waals surface area contributed by atoms with Crippen LogP contribution in [0.3, 0.4) is 0 Å². The van der Waals surface area contributed by atoms with Crippen molar-refractivity contribution in [2.24, 2.45) is 0 Å². The zero-order valence-electron chi connectivity index (χ0n) is 17.6. The molecule has 32 heavy (non-hydrogen) atoms. The summed E-state index contributed by atoms with van der Waals surface area (Å²) in [4.78, 5) is 33.3. The van der Waals surface area contributed by atoms with Crippen LogP contribution in [0.2, 0.25) is 0 Å². The highest BCUT2D eigenvalue weighted by Crippen LogP contribution is 2.24. The van der Waals surface area contributed by atoms with Crippen LogP contribution in [-0.4, -0.2) is 45.3 Å². The molecule has 0 unspecified atom stereocenters. The molecule has 0 spiro atoms. The summed E-state index contributed by atoms with van der Waals surface area (Å²) in [5, 5.41) is 2.57. The lowest BCUT2D eigenvalue weighted by Gasteiger charge is -2.26. The number of benzene rings is 1. The molecule has 2 N–H and O–H groups in total. The maximum atomic E-state index is 13.9. The van der Waals surface area contributed by atoms with E-state index in [1.54, 1.807) is 29.9 Å². The van der Waals surface area contributed by atoms with Gasteiger partial charge in [-0.25, -0.2) is 4.39 Å². The minimum atomic E-state index is -0.522. The second-order valence-electron chi connectivity index (χ2n) is 7.91. The molecule has 0 saturated carbocycles. The van der Waals surface area contributed by atoms with Crippen molar-refractivity contribution in [3.05, 3.63) is 87.9 Å². The van der Waals surface area contributed by atoms with Crippen LogP contribution >= 0.6 is 0 Å². The van der Waals surface area contributed by atoms with E-state index in [-0.39, 0.29) is 11.4 Å². The number of rotatable bonds is 4. The van der Waals surface area contributed by atoms with Crippen LogP contribution in [0.1, 0.15) is 28.0 Å². The summed E-state index contributed by atoms with van der Waals surface area (Å²) in [6.45, 7) is 2.43. The lowest BCUT2D eigenvalue weighted by Crippen LogP contribution is -2.28. The van der Waals surface area contributed by atoms with Crippen molar-refractivity contribution in [3.8, 4) is 0 Å². The van der Waals surface area contributed by atoms with Gasteiger partial charge < -0.3 is 14.7 Å². The molecule has 0 atom stereocenters. The highest BCUT2D eigenvalue weighted by molar-refractivity contribution is 5.92. The first-order valence-electron chi connectivity index (χ1n) is 10.4. The first-order valence-corrected chi connectivity index (χ1v) is 10.4. The van der Waals surface area contributed by atoms with Crippen LogP contribution < -0.4 is 10.9 Å². The van der Waals surface area contributed by atoms with E-state index >= 15 is 0 Å². The van der Waals surface area contributed by atoms with Gasteiger partial charge in [0.2, 0.25) is 0 Å². The number of amides is 1. The highest BCUT2D eigenvalue weighted by Gasteiger charge is 2.15. The Morgan fingerprint density at radius 3 is 2.84 bits per heavy atom. The Labute approximate surface area is 183 Å². The topological polar surface area (TPSA) is 82.5 Å². The Balaban J connectivity index is 1.32. The molecule has 0 fully saturated rings. The van der Waals surface area contributed by atoms with Crippen LogP contribution in [0.4, 0.5) is 4.39 Å². The Morgan fingerprint density at radius 1 is 1.25 bits per heavy atom. The van der Waals surface area contributed by atoms with Gasteiger partial charge in [0.25, 0.3) is 11.5 Å². The summed E-state index contributed by atoms with van der Waals surface area (Å²) < 4.78 is 15.5. The molecule has 0 bridgehead atoms. The first kappa shape index (κ1) is 20.1. The maximum absolute atomic E-state index is 13.9. The standard InChI is InChI=1S/C24H22FN5O2/c1-26-23(31)19-4-3-17(13-27-19)16-6-9-29(10-7-16)14-15-2-5-21-20(12-15)28-24(32)22-18(25)8-11-30(21)22/h2-6,8,11-13H,7,9-10,14H2,1H3,(H,26,31)(H,28,32). The summed E-state index contributed by atoms with van der Waals surface area (Å²) in [6, 6.07) is 10.9. The number of hydrogen-bond acceptors (Lipinski definition) is 4. The number of H-pyrrole nitrogens is 1. The predicted octanol–water partition coefficient (Wildman–Crippen LogP) is 2.96. The van der Waals surface area contributed by atoms with E-state index < -0.39 is 11.4 Å². The quantitative estimate of drug-likeness (QED) is 0.521. The SMILES string of the molecule is CNC(=O)c1ccc(C2=CCN(Cc3ccc4c(c3)[nH]c(=O)c3c(F)ccn34)CC2)cn1. The number of aromatic nitrogens is 3. The first-order chi connectivity index (χ1) is 15.5. The Kier molecular flexibility index (Phi) is 5.07. The highest BCUT2D eigenvalue weighted by atomic mass is 19.1. The molecule has 1 aromatic carbocycles. The fourth-order valence-electron chi connectivity index (χ4n) is 4.22. The maximum Gasteiger partial charge on any atom is 0.275 e. The molecule has 0 aliphatic carbocycles. The van der Waals surface area contributed by atoms with E-state index in [0.29, 0.717) is 11.2 Å². The molecule has 4 aromatic rings. The third kappa shape index (κ3) is 3.58. The molecular formula is C24H22FN5O2. The predicted molar refractivity (Wildman–Crippen MR) is 121 cm³/mol. The molecule has 0 radical (unpaired) electrons. The summed E-state index contributed by atoms with van der Waals surface area (Å²) in [7, 11) is 1.59.